The number of unbranched alkanes of at least 4 members (excludes halogenated alkanes) is 42. The van der Waals surface area contributed by atoms with Gasteiger partial charge in [0.2, 0.25) is 0 Å². The van der Waals surface area contributed by atoms with Crippen LogP contribution in [0.5, 0.6) is 0 Å². The maximum atomic E-state index is 11.6. The molecule has 0 aromatic carbocycles. The first-order valence-corrected chi connectivity index (χ1v) is 26.8. The second kappa shape index (κ2) is 52.9. The number of carbonyl (C=O) groups excluding carboxylic acids is 1. The van der Waals surface area contributed by atoms with E-state index in [-0.39, 0.29) is 0 Å². The van der Waals surface area contributed by atoms with Crippen molar-refractivity contribution in [1.82, 2.24) is 0 Å². The smallest absolute Gasteiger partial charge is 0.145 e. The zero-order valence-corrected chi connectivity index (χ0v) is 39.6. The van der Waals surface area contributed by atoms with Gasteiger partial charge in [-0.1, -0.05) is 269 Å². The summed E-state index contributed by atoms with van der Waals surface area (Å²) in [5.41, 5.74) is 1.06. The number of allylic oxidation sites excluding steroid dienone is 6. The van der Waals surface area contributed by atoms with Crippen LogP contribution < -0.4 is 0 Å². The summed E-state index contributed by atoms with van der Waals surface area (Å²) in [6.45, 7) is 4.59. The predicted octanol–water partition coefficient (Wildman–Crippen LogP) is 20.6. The SMILES string of the molecule is CCCCCCCC/C=C\CCCCCCCCCCCCCCCCC/C=C(\C=O)CCCCCCCCCCCCCCCC/C=C\CCCCCCCC. The first kappa shape index (κ1) is 55.9. The van der Waals surface area contributed by atoms with Crippen LogP contribution in [0.4, 0.5) is 0 Å². The summed E-state index contributed by atoms with van der Waals surface area (Å²) >= 11 is 0. The van der Waals surface area contributed by atoms with Gasteiger partial charge in [0.15, 0.2) is 0 Å². The molecule has 0 aliphatic carbocycles. The molecule has 0 atom stereocenters. The molecule has 0 aromatic heterocycles. The predicted molar refractivity (Wildman–Crippen MR) is 261 cm³/mol. The molecular weight excluding hydrogens is 689 g/mol. The molecule has 0 fully saturated rings. The molecule has 0 unspecified atom stereocenters. The van der Waals surface area contributed by atoms with Gasteiger partial charge in [-0.3, -0.25) is 4.79 Å². The fourth-order valence-corrected chi connectivity index (χ4v) is 8.47. The Morgan fingerprint density at radius 2 is 0.474 bits per heavy atom. The van der Waals surface area contributed by atoms with Crippen LogP contribution >= 0.6 is 0 Å². The molecule has 0 aromatic rings. The topological polar surface area (TPSA) is 17.1 Å². The fourth-order valence-electron chi connectivity index (χ4n) is 8.47. The molecule has 0 saturated heterocycles. The molecule has 0 aliphatic heterocycles. The molecule has 1 heteroatoms. The number of aldehydes is 1. The monoisotopic (exact) mass is 795 g/mol. The lowest BCUT2D eigenvalue weighted by Crippen LogP contribution is -1.88. The van der Waals surface area contributed by atoms with E-state index in [1.807, 2.05) is 0 Å². The average Bonchev–Trinajstić information content (AvgIpc) is 3.22. The van der Waals surface area contributed by atoms with Crippen LogP contribution in [0.1, 0.15) is 316 Å². The van der Waals surface area contributed by atoms with Crippen LogP contribution in [-0.2, 0) is 4.79 Å². The van der Waals surface area contributed by atoms with Crippen molar-refractivity contribution in [2.75, 3.05) is 0 Å². The van der Waals surface area contributed by atoms with Gasteiger partial charge in [-0.2, -0.15) is 0 Å². The molecule has 336 valence electrons. The lowest BCUT2D eigenvalue weighted by molar-refractivity contribution is -0.105. The van der Waals surface area contributed by atoms with Crippen molar-refractivity contribution in [2.45, 2.75) is 316 Å². The highest BCUT2D eigenvalue weighted by atomic mass is 16.1. The summed E-state index contributed by atoms with van der Waals surface area (Å²) in [4.78, 5) is 11.6. The molecule has 0 heterocycles. The van der Waals surface area contributed by atoms with Gasteiger partial charge < -0.3 is 0 Å². The van der Waals surface area contributed by atoms with Crippen molar-refractivity contribution in [3.63, 3.8) is 0 Å². The summed E-state index contributed by atoms with van der Waals surface area (Å²) in [7, 11) is 0. The van der Waals surface area contributed by atoms with Crippen molar-refractivity contribution >= 4 is 6.29 Å². The van der Waals surface area contributed by atoms with Gasteiger partial charge in [-0.05, 0) is 82.6 Å². The normalized spacial score (nSPS) is 12.2. The van der Waals surface area contributed by atoms with Crippen LogP contribution in [0.25, 0.3) is 0 Å². The number of hydrogen-bond donors (Lipinski definition) is 0. The van der Waals surface area contributed by atoms with Gasteiger partial charge >= 0.3 is 0 Å². The quantitative estimate of drug-likeness (QED) is 0.0259. The largest absolute Gasteiger partial charge is 0.298 e. The molecule has 0 saturated carbocycles. The highest BCUT2D eigenvalue weighted by molar-refractivity contribution is 5.72. The second-order valence-electron chi connectivity index (χ2n) is 18.3. The van der Waals surface area contributed by atoms with Gasteiger partial charge in [0.25, 0.3) is 0 Å². The van der Waals surface area contributed by atoms with Crippen molar-refractivity contribution in [3.8, 4) is 0 Å². The van der Waals surface area contributed by atoms with Crippen LogP contribution in [-0.4, -0.2) is 6.29 Å². The van der Waals surface area contributed by atoms with E-state index in [9.17, 15) is 4.79 Å². The Morgan fingerprint density at radius 3 is 0.719 bits per heavy atom. The van der Waals surface area contributed by atoms with E-state index < -0.39 is 0 Å². The highest BCUT2D eigenvalue weighted by Gasteiger charge is 1.99. The maximum absolute atomic E-state index is 11.6. The van der Waals surface area contributed by atoms with E-state index in [1.54, 1.807) is 0 Å². The minimum atomic E-state index is 0.997. The minimum absolute atomic E-state index is 0.997. The zero-order valence-electron chi connectivity index (χ0n) is 39.6. The summed E-state index contributed by atoms with van der Waals surface area (Å²) < 4.78 is 0. The third-order valence-corrected chi connectivity index (χ3v) is 12.5. The third kappa shape index (κ3) is 51.0. The van der Waals surface area contributed by atoms with Crippen LogP contribution in [0.3, 0.4) is 0 Å². The van der Waals surface area contributed by atoms with E-state index in [2.05, 4.69) is 44.2 Å². The van der Waals surface area contributed by atoms with Crippen molar-refractivity contribution in [2.24, 2.45) is 0 Å². The standard InChI is InChI=1S/C56H106O/c1-3-5-7-9-11-13-15-17-19-21-23-25-27-29-30-32-34-36-38-40-42-44-46-48-50-52-54-56(55-57)53-51-49-47-45-43-41-39-37-35-33-31-28-26-24-22-20-18-16-14-12-10-8-6-4-2/h17-20,54-55H,3-16,21-53H2,1-2H3/b19-17-,20-18-,56-54-. The Hall–Kier alpha value is -1.11. The molecule has 0 N–H and O–H groups in total. The summed E-state index contributed by atoms with van der Waals surface area (Å²) in [5.74, 6) is 0. The zero-order chi connectivity index (χ0) is 41.1. The van der Waals surface area contributed by atoms with Gasteiger partial charge in [-0.15, -0.1) is 0 Å². The summed E-state index contributed by atoms with van der Waals surface area (Å²) in [6.07, 6.45) is 77.9. The molecule has 0 aliphatic rings. The highest BCUT2D eigenvalue weighted by Crippen LogP contribution is 2.18. The number of hydrogen-bond acceptors (Lipinski definition) is 1. The van der Waals surface area contributed by atoms with Crippen molar-refractivity contribution < 1.29 is 4.79 Å². The van der Waals surface area contributed by atoms with Gasteiger partial charge in [-0.25, -0.2) is 0 Å². The number of rotatable bonds is 50. The van der Waals surface area contributed by atoms with Crippen LogP contribution in [0.2, 0.25) is 0 Å². The Labute approximate surface area is 361 Å². The Kier molecular flexibility index (Phi) is 51.9. The lowest BCUT2D eigenvalue weighted by atomic mass is 10.0. The molecule has 57 heavy (non-hydrogen) atoms. The molecule has 0 radical (unpaired) electrons. The van der Waals surface area contributed by atoms with Crippen LogP contribution in [0.15, 0.2) is 36.0 Å². The molecule has 0 rings (SSSR count). The summed E-state index contributed by atoms with van der Waals surface area (Å²) in [5, 5.41) is 0. The minimum Gasteiger partial charge on any atom is -0.298 e. The molecular formula is C56H106O. The van der Waals surface area contributed by atoms with E-state index >= 15 is 0 Å². The molecule has 0 spiro atoms. The first-order chi connectivity index (χ1) is 28.3. The summed E-state index contributed by atoms with van der Waals surface area (Å²) in [6, 6.07) is 0. The maximum Gasteiger partial charge on any atom is 0.145 e. The molecule has 0 amide bonds. The molecule has 0 bridgehead atoms. The lowest BCUT2D eigenvalue weighted by Gasteiger charge is -2.04. The molecule has 1 nitrogen and oxygen atoms in total. The van der Waals surface area contributed by atoms with Gasteiger partial charge in [0.1, 0.15) is 6.29 Å². The fraction of sp³-hybridized carbons (Fsp3) is 0.875. The Morgan fingerprint density at radius 1 is 0.263 bits per heavy atom. The Bertz CT molecular complexity index is 819. The Balaban J connectivity index is 3.32. The average molecular weight is 795 g/mol. The van der Waals surface area contributed by atoms with Gasteiger partial charge in [0.05, 0.1) is 0 Å². The van der Waals surface area contributed by atoms with Crippen molar-refractivity contribution in [1.29, 1.82) is 0 Å². The van der Waals surface area contributed by atoms with Gasteiger partial charge in [0, 0.05) is 0 Å². The van der Waals surface area contributed by atoms with E-state index in [0.717, 1.165) is 24.7 Å². The number of carbonyl (C=O) groups is 1. The van der Waals surface area contributed by atoms with Crippen LogP contribution in [0, 0.1) is 0 Å². The van der Waals surface area contributed by atoms with E-state index in [1.165, 1.54) is 289 Å². The first-order valence-electron chi connectivity index (χ1n) is 26.8. The van der Waals surface area contributed by atoms with E-state index in [4.69, 9.17) is 0 Å². The van der Waals surface area contributed by atoms with E-state index in [0.29, 0.717) is 0 Å². The van der Waals surface area contributed by atoms with Crippen molar-refractivity contribution in [3.05, 3.63) is 36.0 Å². The third-order valence-electron chi connectivity index (χ3n) is 12.5. The second-order valence-corrected chi connectivity index (χ2v) is 18.3.